The summed E-state index contributed by atoms with van der Waals surface area (Å²) in [6.07, 6.45) is 2.65. The number of morpholine rings is 1. The lowest BCUT2D eigenvalue weighted by atomic mass is 9.87. The van der Waals surface area contributed by atoms with Crippen LogP contribution >= 0.6 is 0 Å². The summed E-state index contributed by atoms with van der Waals surface area (Å²) in [5, 5.41) is 0. The zero-order valence-corrected chi connectivity index (χ0v) is 15.9. The molecule has 0 N–H and O–H groups in total. The first-order chi connectivity index (χ1) is 13.6. The molecule has 2 atom stereocenters. The third-order valence-corrected chi connectivity index (χ3v) is 5.96. The van der Waals surface area contributed by atoms with Crippen molar-refractivity contribution in [3.8, 4) is 0 Å². The fourth-order valence-corrected chi connectivity index (χ4v) is 4.48. The Kier molecular flexibility index (Phi) is 5.62. The smallest absolute Gasteiger partial charge is 0.410 e. The summed E-state index contributed by atoms with van der Waals surface area (Å²) < 4.78 is 11.1. The fourth-order valence-electron chi connectivity index (χ4n) is 4.48. The van der Waals surface area contributed by atoms with Crippen LogP contribution in [0.3, 0.4) is 0 Å². The topological polar surface area (TPSA) is 76.2 Å². The van der Waals surface area contributed by atoms with Crippen LogP contribution in [0, 0.1) is 0 Å². The maximum Gasteiger partial charge on any atom is 0.410 e. The number of carbonyl (C=O) groups excluding carboxylic acids is 3. The standard InChI is InChI=1S/C21H26N2O5/c24-17-6-7-19-18(12-17)23(20(25)14-27-19)16-8-10-22(11-9-16)21(26)28-13-15-4-2-1-3-5-15/h1-5,16,18-19H,6-14H2/t18-,19-/m1/s1. The van der Waals surface area contributed by atoms with E-state index in [9.17, 15) is 14.4 Å². The van der Waals surface area contributed by atoms with E-state index in [0.29, 0.717) is 45.2 Å². The zero-order chi connectivity index (χ0) is 19.5. The number of amides is 2. The summed E-state index contributed by atoms with van der Waals surface area (Å²) >= 11 is 0. The van der Waals surface area contributed by atoms with Gasteiger partial charge >= 0.3 is 6.09 Å². The molecule has 1 saturated carbocycles. The Morgan fingerprint density at radius 2 is 1.86 bits per heavy atom. The van der Waals surface area contributed by atoms with Crippen molar-refractivity contribution in [3.05, 3.63) is 35.9 Å². The highest BCUT2D eigenvalue weighted by Gasteiger charge is 2.44. The SMILES string of the molecule is O=C1CC[C@H]2OCC(=O)N(C3CCN(C(=O)OCc4ccccc4)CC3)[C@@H]2C1. The van der Waals surface area contributed by atoms with Crippen LogP contribution in [0.2, 0.25) is 0 Å². The molecule has 2 amide bonds. The largest absolute Gasteiger partial charge is 0.445 e. The fraction of sp³-hybridized carbons (Fsp3) is 0.571. The molecule has 7 nitrogen and oxygen atoms in total. The molecule has 2 heterocycles. The number of nitrogens with zero attached hydrogens (tertiary/aromatic N) is 2. The minimum Gasteiger partial charge on any atom is -0.445 e. The van der Waals surface area contributed by atoms with Gasteiger partial charge in [-0.15, -0.1) is 0 Å². The lowest BCUT2D eigenvalue weighted by Crippen LogP contribution is -2.61. The van der Waals surface area contributed by atoms with Gasteiger partial charge in [-0.3, -0.25) is 9.59 Å². The van der Waals surface area contributed by atoms with Crippen LogP contribution in [0.5, 0.6) is 0 Å². The third kappa shape index (κ3) is 4.04. The lowest BCUT2D eigenvalue weighted by molar-refractivity contribution is -0.168. The molecule has 0 bridgehead atoms. The second kappa shape index (κ2) is 8.31. The monoisotopic (exact) mass is 386 g/mol. The molecular weight excluding hydrogens is 360 g/mol. The second-order valence-electron chi connectivity index (χ2n) is 7.76. The number of hydrogen-bond acceptors (Lipinski definition) is 5. The van der Waals surface area contributed by atoms with Gasteiger partial charge in [-0.1, -0.05) is 30.3 Å². The van der Waals surface area contributed by atoms with Crippen molar-refractivity contribution in [3.63, 3.8) is 0 Å². The molecule has 1 aliphatic carbocycles. The van der Waals surface area contributed by atoms with Crippen LogP contribution in [0.4, 0.5) is 4.79 Å². The van der Waals surface area contributed by atoms with Crippen LogP contribution in [0.1, 0.15) is 37.7 Å². The summed E-state index contributed by atoms with van der Waals surface area (Å²) in [4.78, 5) is 40.4. The van der Waals surface area contributed by atoms with E-state index in [1.807, 2.05) is 35.2 Å². The van der Waals surface area contributed by atoms with Gasteiger partial charge in [0, 0.05) is 32.0 Å². The molecular formula is C21H26N2O5. The Labute approximate surface area is 164 Å². The van der Waals surface area contributed by atoms with Crippen molar-refractivity contribution in [1.29, 1.82) is 0 Å². The maximum absolute atomic E-state index is 12.5. The van der Waals surface area contributed by atoms with Crippen LogP contribution in [0.25, 0.3) is 0 Å². The molecule has 3 fully saturated rings. The molecule has 28 heavy (non-hydrogen) atoms. The lowest BCUT2D eigenvalue weighted by Gasteiger charge is -2.48. The number of piperidine rings is 1. The van der Waals surface area contributed by atoms with Gasteiger partial charge in [0.25, 0.3) is 0 Å². The predicted molar refractivity (Wildman–Crippen MR) is 100 cm³/mol. The van der Waals surface area contributed by atoms with Crippen molar-refractivity contribution in [1.82, 2.24) is 9.80 Å². The highest BCUT2D eigenvalue weighted by molar-refractivity contribution is 5.83. The van der Waals surface area contributed by atoms with Crippen molar-refractivity contribution in [2.75, 3.05) is 19.7 Å². The average Bonchev–Trinajstić information content (AvgIpc) is 2.73. The highest BCUT2D eigenvalue weighted by Crippen LogP contribution is 2.31. The number of likely N-dealkylation sites (tertiary alicyclic amines) is 1. The molecule has 3 aliphatic rings. The first-order valence-electron chi connectivity index (χ1n) is 10.0. The van der Waals surface area contributed by atoms with E-state index in [1.165, 1.54) is 0 Å². The van der Waals surface area contributed by atoms with Crippen molar-refractivity contribution in [2.45, 2.75) is 56.9 Å². The molecule has 0 aromatic heterocycles. The number of ether oxygens (including phenoxy) is 2. The van der Waals surface area contributed by atoms with Gasteiger partial charge in [0.1, 0.15) is 19.0 Å². The molecule has 0 spiro atoms. The predicted octanol–water partition coefficient (Wildman–Crippen LogP) is 2.14. The summed E-state index contributed by atoms with van der Waals surface area (Å²) in [5.74, 6) is 0.160. The van der Waals surface area contributed by atoms with Crippen molar-refractivity contribution in [2.24, 2.45) is 0 Å². The van der Waals surface area contributed by atoms with E-state index in [0.717, 1.165) is 5.56 Å². The van der Waals surface area contributed by atoms with Crippen molar-refractivity contribution >= 4 is 17.8 Å². The molecule has 0 radical (unpaired) electrons. The normalized spacial score (nSPS) is 26.1. The van der Waals surface area contributed by atoms with E-state index in [1.54, 1.807) is 4.90 Å². The quantitative estimate of drug-likeness (QED) is 0.796. The van der Waals surface area contributed by atoms with E-state index < -0.39 is 0 Å². The Morgan fingerprint density at radius 1 is 1.11 bits per heavy atom. The number of ketones is 1. The van der Waals surface area contributed by atoms with Gasteiger partial charge in [0.05, 0.1) is 12.1 Å². The first-order valence-corrected chi connectivity index (χ1v) is 10.0. The highest BCUT2D eigenvalue weighted by atomic mass is 16.6. The molecule has 1 aromatic carbocycles. The number of carbonyl (C=O) groups is 3. The van der Waals surface area contributed by atoms with Crippen LogP contribution in [0.15, 0.2) is 30.3 Å². The summed E-state index contributed by atoms with van der Waals surface area (Å²) in [7, 11) is 0. The van der Waals surface area contributed by atoms with Crippen molar-refractivity contribution < 1.29 is 23.9 Å². The molecule has 2 aliphatic heterocycles. The molecule has 2 saturated heterocycles. The van der Waals surface area contributed by atoms with E-state index in [-0.39, 0.29) is 49.2 Å². The zero-order valence-electron chi connectivity index (χ0n) is 15.9. The third-order valence-electron chi connectivity index (χ3n) is 5.96. The summed E-state index contributed by atoms with van der Waals surface area (Å²) in [6.45, 7) is 1.45. The summed E-state index contributed by atoms with van der Waals surface area (Å²) in [6, 6.07) is 9.50. The van der Waals surface area contributed by atoms with Gasteiger partial charge in [0.2, 0.25) is 5.91 Å². The maximum atomic E-state index is 12.5. The van der Waals surface area contributed by atoms with Crippen LogP contribution in [-0.4, -0.2) is 65.5 Å². The Bertz CT molecular complexity index is 728. The van der Waals surface area contributed by atoms with Gasteiger partial charge in [-0.2, -0.15) is 0 Å². The van der Waals surface area contributed by atoms with E-state index >= 15 is 0 Å². The molecule has 4 rings (SSSR count). The minimum atomic E-state index is -0.318. The van der Waals surface area contributed by atoms with E-state index in [2.05, 4.69) is 0 Å². The van der Waals surface area contributed by atoms with E-state index in [4.69, 9.17) is 9.47 Å². The van der Waals surface area contributed by atoms with Gasteiger partial charge in [-0.05, 0) is 24.8 Å². The minimum absolute atomic E-state index is 0.0377. The van der Waals surface area contributed by atoms with Crippen LogP contribution in [-0.2, 0) is 25.7 Å². The van der Waals surface area contributed by atoms with Gasteiger partial charge < -0.3 is 19.3 Å². The second-order valence-corrected chi connectivity index (χ2v) is 7.76. The Morgan fingerprint density at radius 3 is 2.61 bits per heavy atom. The molecule has 7 heteroatoms. The van der Waals surface area contributed by atoms with Crippen LogP contribution < -0.4 is 0 Å². The van der Waals surface area contributed by atoms with Gasteiger partial charge in [-0.25, -0.2) is 4.79 Å². The average molecular weight is 386 g/mol. The molecule has 0 unspecified atom stereocenters. The Hall–Kier alpha value is -2.41. The molecule has 1 aromatic rings. The Balaban J connectivity index is 1.32. The number of Topliss-reactive ketones (excluding diaryl/α,β-unsaturated/α-hetero) is 1. The number of fused-ring (bicyclic) bond motifs is 1. The number of rotatable bonds is 3. The van der Waals surface area contributed by atoms with Gasteiger partial charge in [0.15, 0.2) is 0 Å². The number of hydrogen-bond donors (Lipinski definition) is 0. The number of benzene rings is 1. The first kappa shape index (κ1) is 18.9. The molecule has 150 valence electrons. The summed E-state index contributed by atoms with van der Waals surface area (Å²) in [5.41, 5.74) is 0.956.